The van der Waals surface area contributed by atoms with Gasteiger partial charge in [0.1, 0.15) is 5.69 Å². The molecule has 1 aliphatic rings. The fourth-order valence-corrected chi connectivity index (χ4v) is 5.00. The van der Waals surface area contributed by atoms with Gasteiger partial charge in [0.25, 0.3) is 0 Å². The molecule has 0 aliphatic carbocycles. The summed E-state index contributed by atoms with van der Waals surface area (Å²) in [6.07, 6.45) is -0.157. The van der Waals surface area contributed by atoms with Crippen LogP contribution in [0.2, 0.25) is 5.02 Å². The molecule has 0 bridgehead atoms. The van der Waals surface area contributed by atoms with Crippen LogP contribution in [0.5, 0.6) is 0 Å². The Morgan fingerprint density at radius 2 is 1.93 bits per heavy atom. The largest absolute Gasteiger partial charge is 0.417 e. The Hall–Kier alpha value is -2.13. The highest BCUT2D eigenvalue weighted by atomic mass is 35.5. The lowest BCUT2D eigenvalue weighted by molar-refractivity contribution is -0.137. The van der Waals surface area contributed by atoms with Crippen LogP contribution in [0, 0.1) is 0 Å². The Labute approximate surface area is 181 Å². The Morgan fingerprint density at radius 3 is 2.53 bits per heavy atom. The Balaban J connectivity index is 1.86. The molecule has 3 rings (SSSR count). The molecule has 0 saturated heterocycles. The minimum absolute atomic E-state index is 0.105. The van der Waals surface area contributed by atoms with E-state index in [9.17, 15) is 18.0 Å². The standard InChI is InChI=1S/C20H20ClF3N4OS/c1-18(2)10-19(3,28-17(25)30-18)12-4-11(7-26-8-12)5-15(29)16-14(21)6-13(9-27-16)20(22,23)24/h4,6-9H,5,10H2,1-3H3,(H2,25,28)/t19-/m0/s1. The molecule has 1 aliphatic heterocycles. The van der Waals surface area contributed by atoms with Gasteiger partial charge in [-0.25, -0.2) is 0 Å². The van der Waals surface area contributed by atoms with Crippen molar-refractivity contribution in [2.75, 3.05) is 0 Å². The van der Waals surface area contributed by atoms with Gasteiger partial charge in [0.2, 0.25) is 0 Å². The lowest BCUT2D eigenvalue weighted by atomic mass is 9.84. The number of rotatable bonds is 4. The first-order valence-electron chi connectivity index (χ1n) is 9.04. The monoisotopic (exact) mass is 456 g/mol. The molecule has 10 heteroatoms. The number of nitrogens with two attached hydrogens (primary N) is 1. The summed E-state index contributed by atoms with van der Waals surface area (Å²) in [4.78, 5) is 25.1. The maximum absolute atomic E-state index is 12.8. The molecule has 0 spiro atoms. The summed E-state index contributed by atoms with van der Waals surface area (Å²) in [7, 11) is 0. The highest BCUT2D eigenvalue weighted by molar-refractivity contribution is 8.15. The molecule has 0 fully saturated rings. The smallest absolute Gasteiger partial charge is 0.378 e. The van der Waals surface area contributed by atoms with Crippen LogP contribution < -0.4 is 5.73 Å². The second kappa shape index (κ2) is 7.85. The van der Waals surface area contributed by atoms with Crippen LogP contribution in [-0.4, -0.2) is 25.7 Å². The lowest BCUT2D eigenvalue weighted by Gasteiger charge is -2.39. The molecule has 2 N–H and O–H groups in total. The second-order valence-electron chi connectivity index (χ2n) is 8.00. The van der Waals surface area contributed by atoms with E-state index in [2.05, 4.69) is 28.8 Å². The molecule has 0 amide bonds. The highest BCUT2D eigenvalue weighted by Gasteiger charge is 2.39. The highest BCUT2D eigenvalue weighted by Crippen LogP contribution is 2.44. The van der Waals surface area contributed by atoms with E-state index < -0.39 is 23.1 Å². The summed E-state index contributed by atoms with van der Waals surface area (Å²) >= 11 is 7.39. The number of carbonyl (C=O) groups is 1. The zero-order chi connectivity index (χ0) is 22.3. The molecule has 0 unspecified atom stereocenters. The maximum atomic E-state index is 12.8. The van der Waals surface area contributed by atoms with Crippen LogP contribution >= 0.6 is 23.4 Å². The summed E-state index contributed by atoms with van der Waals surface area (Å²) in [5, 5.41) is 0.144. The number of hydrogen-bond donors (Lipinski definition) is 1. The summed E-state index contributed by atoms with van der Waals surface area (Å²) in [5.74, 6) is -0.500. The van der Waals surface area contributed by atoms with Crippen molar-refractivity contribution in [1.82, 2.24) is 9.97 Å². The van der Waals surface area contributed by atoms with Gasteiger partial charge in [-0.15, -0.1) is 0 Å². The van der Waals surface area contributed by atoms with Gasteiger partial charge in [0, 0.05) is 29.8 Å². The number of halogens is 4. The molecule has 3 heterocycles. The minimum atomic E-state index is -4.58. The number of aromatic nitrogens is 2. The number of amidine groups is 1. The predicted octanol–water partition coefficient (Wildman–Crippen LogP) is 5.02. The van der Waals surface area contributed by atoms with Crippen LogP contribution in [0.1, 0.15) is 54.4 Å². The van der Waals surface area contributed by atoms with E-state index in [1.165, 1.54) is 18.0 Å². The van der Waals surface area contributed by atoms with Crippen LogP contribution in [0.3, 0.4) is 0 Å². The van der Waals surface area contributed by atoms with E-state index >= 15 is 0 Å². The predicted molar refractivity (Wildman–Crippen MR) is 112 cm³/mol. The van der Waals surface area contributed by atoms with Gasteiger partial charge < -0.3 is 5.73 Å². The first kappa shape index (κ1) is 22.6. The topological polar surface area (TPSA) is 81.2 Å². The van der Waals surface area contributed by atoms with Crippen molar-refractivity contribution in [3.63, 3.8) is 0 Å². The summed E-state index contributed by atoms with van der Waals surface area (Å²) in [6, 6.07) is 2.52. The van der Waals surface area contributed by atoms with E-state index in [1.807, 2.05) is 13.0 Å². The molecule has 5 nitrogen and oxygen atoms in total. The van der Waals surface area contributed by atoms with Crippen molar-refractivity contribution >= 4 is 34.3 Å². The minimum Gasteiger partial charge on any atom is -0.378 e. The second-order valence-corrected chi connectivity index (χ2v) is 10.1. The van der Waals surface area contributed by atoms with E-state index in [-0.39, 0.29) is 21.9 Å². The fourth-order valence-electron chi connectivity index (χ4n) is 3.57. The van der Waals surface area contributed by atoms with Crippen LogP contribution in [0.25, 0.3) is 0 Å². The first-order valence-corrected chi connectivity index (χ1v) is 10.2. The molecule has 2 aromatic rings. The van der Waals surface area contributed by atoms with Gasteiger partial charge in [-0.1, -0.05) is 37.2 Å². The number of nitrogens with zero attached hydrogens (tertiary/aromatic N) is 3. The summed E-state index contributed by atoms with van der Waals surface area (Å²) < 4.78 is 38.2. The van der Waals surface area contributed by atoms with Crippen molar-refractivity contribution < 1.29 is 18.0 Å². The zero-order valence-corrected chi connectivity index (χ0v) is 18.1. The quantitative estimate of drug-likeness (QED) is 0.653. The first-order chi connectivity index (χ1) is 13.8. The van der Waals surface area contributed by atoms with Crippen LogP contribution in [-0.2, 0) is 18.1 Å². The Bertz CT molecular complexity index is 1030. The number of thioether (sulfide) groups is 1. The molecule has 160 valence electrons. The Morgan fingerprint density at radius 1 is 1.23 bits per heavy atom. The third kappa shape index (κ3) is 4.95. The number of alkyl halides is 3. The number of aliphatic imine (C=N–C) groups is 1. The van der Waals surface area contributed by atoms with Gasteiger partial charge in [-0.05, 0) is 36.6 Å². The van der Waals surface area contributed by atoms with Crippen molar-refractivity contribution in [3.8, 4) is 0 Å². The van der Waals surface area contributed by atoms with Gasteiger partial charge in [-0.3, -0.25) is 19.8 Å². The number of ketones is 1. The van der Waals surface area contributed by atoms with Gasteiger partial charge >= 0.3 is 6.18 Å². The normalized spacial score (nSPS) is 21.2. The van der Waals surface area contributed by atoms with Gasteiger partial charge in [0.05, 0.1) is 16.1 Å². The molecular weight excluding hydrogens is 437 g/mol. The van der Waals surface area contributed by atoms with E-state index in [0.29, 0.717) is 23.0 Å². The molecule has 0 aromatic carbocycles. The van der Waals surface area contributed by atoms with Crippen molar-refractivity contribution in [2.24, 2.45) is 10.7 Å². The average Bonchev–Trinajstić information content (AvgIpc) is 2.59. The molecule has 0 radical (unpaired) electrons. The number of hydrogen-bond acceptors (Lipinski definition) is 6. The molecule has 2 aromatic heterocycles. The maximum Gasteiger partial charge on any atom is 0.417 e. The van der Waals surface area contributed by atoms with Crippen LogP contribution in [0.15, 0.2) is 35.7 Å². The summed E-state index contributed by atoms with van der Waals surface area (Å²) in [6.45, 7) is 6.12. The summed E-state index contributed by atoms with van der Waals surface area (Å²) in [5.41, 5.74) is 5.58. The van der Waals surface area contributed by atoms with E-state index in [0.717, 1.165) is 12.0 Å². The van der Waals surface area contributed by atoms with Gasteiger partial charge in [-0.2, -0.15) is 13.2 Å². The van der Waals surface area contributed by atoms with Crippen LogP contribution in [0.4, 0.5) is 13.2 Å². The lowest BCUT2D eigenvalue weighted by Crippen LogP contribution is -2.38. The number of carbonyl (C=O) groups excluding carboxylic acids is 1. The molecule has 1 atom stereocenters. The SMILES string of the molecule is CC1(C)C[C@@](C)(c2cncc(CC(=O)c3ncc(C(F)(F)F)cc3Cl)c2)N=C(N)S1. The van der Waals surface area contributed by atoms with Crippen molar-refractivity contribution in [1.29, 1.82) is 0 Å². The van der Waals surface area contributed by atoms with Crippen molar-refractivity contribution in [3.05, 3.63) is 58.1 Å². The molecular formula is C20H20ClF3N4OS. The zero-order valence-electron chi connectivity index (χ0n) is 16.5. The fraction of sp³-hybridized carbons (Fsp3) is 0.400. The average molecular weight is 457 g/mol. The third-order valence-electron chi connectivity index (χ3n) is 4.72. The van der Waals surface area contributed by atoms with E-state index in [1.54, 1.807) is 6.20 Å². The molecule has 0 saturated carbocycles. The number of Topliss-reactive ketones (excluding diaryl/α,β-unsaturated/α-hetero) is 1. The van der Waals surface area contributed by atoms with E-state index in [4.69, 9.17) is 17.3 Å². The molecule has 30 heavy (non-hydrogen) atoms. The van der Waals surface area contributed by atoms with Crippen molar-refractivity contribution in [2.45, 2.75) is 50.1 Å². The Kier molecular flexibility index (Phi) is 5.90. The third-order valence-corrected chi connectivity index (χ3v) is 6.01. The van der Waals surface area contributed by atoms with Gasteiger partial charge in [0.15, 0.2) is 11.0 Å². The number of pyridine rings is 2.